The molecule has 2 N–H and O–H groups in total. The first-order valence-corrected chi connectivity index (χ1v) is 27.0. The molecule has 0 aromatic rings. The summed E-state index contributed by atoms with van der Waals surface area (Å²) in [6.07, 6.45) is 52.8. The van der Waals surface area contributed by atoms with E-state index >= 15 is 0 Å². The number of esters is 3. The van der Waals surface area contributed by atoms with Gasteiger partial charge in [-0.2, -0.15) is 0 Å². The van der Waals surface area contributed by atoms with Gasteiger partial charge in [0.2, 0.25) is 0 Å². The van der Waals surface area contributed by atoms with Gasteiger partial charge in [0.1, 0.15) is 12.7 Å². The van der Waals surface area contributed by atoms with Crippen molar-refractivity contribution in [2.45, 2.75) is 213 Å². The third-order valence-corrected chi connectivity index (χ3v) is 11.3. The van der Waals surface area contributed by atoms with Gasteiger partial charge in [-0.15, -0.1) is 0 Å². The van der Waals surface area contributed by atoms with Gasteiger partial charge < -0.3 is 24.2 Å². The van der Waals surface area contributed by atoms with Gasteiger partial charge >= 0.3 is 25.7 Å². The van der Waals surface area contributed by atoms with E-state index in [1.54, 1.807) is 0 Å². The van der Waals surface area contributed by atoms with Crippen LogP contribution in [-0.2, 0) is 42.2 Å². The maximum Gasteiger partial charge on any atom is 0.472 e. The third kappa shape index (κ3) is 45.8. The number of ether oxygens (including phenoxy) is 3. The van der Waals surface area contributed by atoms with Gasteiger partial charge in [0.15, 0.2) is 6.10 Å². The second-order valence-electron chi connectivity index (χ2n) is 16.6. The van der Waals surface area contributed by atoms with Crippen molar-refractivity contribution in [2.24, 2.45) is 0 Å². The largest absolute Gasteiger partial charge is 0.472 e. The predicted octanol–water partition coefficient (Wildman–Crippen LogP) is 14.4. The molecular weight excluding hydrogens is 856 g/mol. The molecule has 0 bridgehead atoms. The van der Waals surface area contributed by atoms with Crippen molar-refractivity contribution in [1.82, 2.24) is 0 Å². The summed E-state index contributed by atoms with van der Waals surface area (Å²) in [5.41, 5.74) is 0. The van der Waals surface area contributed by atoms with E-state index in [2.05, 4.69) is 106 Å². The van der Waals surface area contributed by atoms with Crippen LogP contribution in [0.3, 0.4) is 0 Å². The number of rotatable bonds is 46. The van der Waals surface area contributed by atoms with Crippen molar-refractivity contribution >= 4 is 25.7 Å². The van der Waals surface area contributed by atoms with Gasteiger partial charge in [-0.05, 0) is 89.9 Å². The molecule has 0 amide bonds. The van der Waals surface area contributed by atoms with E-state index in [-0.39, 0.29) is 25.9 Å². The van der Waals surface area contributed by atoms with Crippen molar-refractivity contribution in [3.8, 4) is 0 Å². The van der Waals surface area contributed by atoms with Crippen molar-refractivity contribution in [3.05, 3.63) is 85.1 Å². The van der Waals surface area contributed by atoms with Crippen LogP contribution in [0.1, 0.15) is 201 Å². The van der Waals surface area contributed by atoms with Crippen LogP contribution in [0.5, 0.6) is 0 Å². The Morgan fingerprint density at radius 1 is 0.439 bits per heavy atom. The first-order valence-electron chi connectivity index (χ1n) is 25.5. The summed E-state index contributed by atoms with van der Waals surface area (Å²) in [7, 11) is -4.75. The fourth-order valence-electron chi connectivity index (χ4n) is 6.48. The van der Waals surface area contributed by atoms with Crippen molar-refractivity contribution in [3.63, 3.8) is 0 Å². The maximum atomic E-state index is 12.8. The Hall–Kier alpha value is -3.34. The Morgan fingerprint density at radius 2 is 0.788 bits per heavy atom. The summed E-state index contributed by atoms with van der Waals surface area (Å²) >= 11 is 0. The highest BCUT2D eigenvalue weighted by atomic mass is 31.2. The summed E-state index contributed by atoms with van der Waals surface area (Å²) in [6, 6.07) is 0. The molecule has 0 radical (unpaired) electrons. The van der Waals surface area contributed by atoms with Crippen LogP contribution >= 0.6 is 7.82 Å². The minimum absolute atomic E-state index is 0.136. The molecule has 0 fully saturated rings. The highest BCUT2D eigenvalue weighted by Gasteiger charge is 2.28. The fourth-order valence-corrected chi connectivity index (χ4v) is 7.26. The molecule has 0 rings (SSSR count). The monoisotopic (exact) mass is 947 g/mol. The molecule has 0 aromatic heterocycles. The minimum Gasteiger partial charge on any atom is -0.462 e. The zero-order chi connectivity index (χ0) is 48.4. The molecule has 0 aromatic carbocycles. The Labute approximate surface area is 400 Å². The number of carbonyl (C=O) groups is 3. The van der Waals surface area contributed by atoms with Crippen molar-refractivity contribution in [1.29, 1.82) is 0 Å². The highest BCUT2D eigenvalue weighted by molar-refractivity contribution is 7.47. The molecule has 0 heterocycles. The van der Waals surface area contributed by atoms with E-state index in [0.717, 1.165) is 109 Å². The number of unbranched alkanes of at least 4 members (excludes halogenated alkanes) is 15. The molecule has 0 saturated heterocycles. The van der Waals surface area contributed by atoms with Crippen LogP contribution in [0.15, 0.2) is 85.1 Å². The molecule has 378 valence electrons. The molecular formula is C54H91O11P. The zero-order valence-electron chi connectivity index (χ0n) is 41.4. The van der Waals surface area contributed by atoms with E-state index < -0.39 is 57.8 Å². The lowest BCUT2D eigenvalue weighted by atomic mass is 10.1. The molecule has 0 aliphatic carbocycles. The first kappa shape index (κ1) is 62.7. The van der Waals surface area contributed by atoms with Crippen LogP contribution in [-0.4, -0.2) is 66.5 Å². The van der Waals surface area contributed by atoms with Gasteiger partial charge in [0.25, 0.3) is 0 Å². The summed E-state index contributed by atoms with van der Waals surface area (Å²) in [5, 5.41) is 9.74. The number of phosphoric ester groups is 1. The Morgan fingerprint density at radius 3 is 1.24 bits per heavy atom. The lowest BCUT2D eigenvalue weighted by Gasteiger charge is -2.21. The average Bonchev–Trinajstić information content (AvgIpc) is 3.30. The number of hydrogen-bond acceptors (Lipinski definition) is 10. The second kappa shape index (κ2) is 48.1. The Bertz CT molecular complexity index is 1430. The van der Waals surface area contributed by atoms with Gasteiger partial charge in [0.05, 0.1) is 19.8 Å². The van der Waals surface area contributed by atoms with Crippen LogP contribution < -0.4 is 0 Å². The molecule has 0 spiro atoms. The van der Waals surface area contributed by atoms with Crippen LogP contribution in [0.4, 0.5) is 0 Å². The standard InChI is InChI=1S/C54H91O11P/c1-4-7-10-13-16-19-21-23-25-27-29-32-34-37-40-43-52(56)61-47-51(65-54(58)45-42-39-36-33-30-28-26-24-22-20-17-14-11-8-5-2)49-63-66(59,60)62-48-50(46-55)64-53(57)44-41-38-35-31-18-15-12-9-6-3/h7-8,10-11,16-17,19-20,23-26,29,32,50-51,55H,4-6,9,12-15,18,21-22,27-28,30-31,33-49H2,1-3H3,(H,59,60)/b10-7-,11-8-,19-16-,20-17-,25-23-,26-24-,32-29-. The van der Waals surface area contributed by atoms with Gasteiger partial charge in [0, 0.05) is 19.3 Å². The van der Waals surface area contributed by atoms with Crippen LogP contribution in [0, 0.1) is 0 Å². The number of allylic oxidation sites excluding steroid dienone is 14. The zero-order valence-corrected chi connectivity index (χ0v) is 42.3. The Balaban J connectivity index is 4.85. The number of hydrogen-bond donors (Lipinski definition) is 2. The summed E-state index contributed by atoms with van der Waals surface area (Å²) in [5.74, 6) is -1.54. The van der Waals surface area contributed by atoms with E-state index in [1.165, 1.54) is 32.1 Å². The summed E-state index contributed by atoms with van der Waals surface area (Å²) in [4.78, 5) is 48.2. The fraction of sp³-hybridized carbons (Fsp3) is 0.685. The third-order valence-electron chi connectivity index (χ3n) is 10.3. The van der Waals surface area contributed by atoms with E-state index in [1.807, 2.05) is 0 Å². The molecule has 3 unspecified atom stereocenters. The lowest BCUT2D eigenvalue weighted by Crippen LogP contribution is -2.30. The second-order valence-corrected chi connectivity index (χ2v) is 18.0. The number of aliphatic hydroxyl groups excluding tert-OH is 1. The quantitative estimate of drug-likeness (QED) is 0.0197. The van der Waals surface area contributed by atoms with E-state index in [4.69, 9.17) is 23.3 Å². The van der Waals surface area contributed by atoms with Crippen LogP contribution in [0.2, 0.25) is 0 Å². The highest BCUT2D eigenvalue weighted by Crippen LogP contribution is 2.43. The molecule has 0 saturated carbocycles. The topological polar surface area (TPSA) is 155 Å². The molecule has 12 heteroatoms. The lowest BCUT2D eigenvalue weighted by molar-refractivity contribution is -0.161. The minimum atomic E-state index is -4.75. The summed E-state index contributed by atoms with van der Waals surface area (Å²) in [6.45, 7) is 4.30. The molecule has 66 heavy (non-hydrogen) atoms. The maximum absolute atomic E-state index is 12.8. The number of aliphatic hydroxyl groups is 1. The number of phosphoric acid groups is 1. The Kier molecular flexibility index (Phi) is 45.7. The van der Waals surface area contributed by atoms with Crippen molar-refractivity contribution < 1.29 is 52.2 Å². The first-order chi connectivity index (χ1) is 32.2. The van der Waals surface area contributed by atoms with Gasteiger partial charge in [-0.1, -0.05) is 176 Å². The SMILES string of the molecule is CC/C=C\C/C=C\C/C=C\C/C=C\CCCCC(=O)OCC(COP(=O)(O)OCC(CO)OC(=O)CCCCCCCCCCC)OC(=O)CCCCCCC/C=C\C/C=C\C/C=C\CC. The van der Waals surface area contributed by atoms with Crippen LogP contribution in [0.25, 0.3) is 0 Å². The normalized spacial score (nSPS) is 14.2. The average molecular weight is 947 g/mol. The van der Waals surface area contributed by atoms with Crippen molar-refractivity contribution in [2.75, 3.05) is 26.4 Å². The summed E-state index contributed by atoms with van der Waals surface area (Å²) < 4.78 is 39.2. The molecule has 0 aliphatic heterocycles. The molecule has 11 nitrogen and oxygen atoms in total. The molecule has 3 atom stereocenters. The van der Waals surface area contributed by atoms with Gasteiger partial charge in [-0.3, -0.25) is 23.4 Å². The predicted molar refractivity (Wildman–Crippen MR) is 270 cm³/mol. The van der Waals surface area contributed by atoms with E-state index in [0.29, 0.717) is 19.3 Å². The van der Waals surface area contributed by atoms with E-state index in [9.17, 15) is 28.9 Å². The van der Waals surface area contributed by atoms with Gasteiger partial charge in [-0.25, -0.2) is 4.57 Å². The smallest absolute Gasteiger partial charge is 0.462 e. The number of carbonyl (C=O) groups excluding carboxylic acids is 3. The molecule has 0 aliphatic rings.